The maximum absolute atomic E-state index is 13.6. The zero-order valence-corrected chi connectivity index (χ0v) is 22.9. The van der Waals surface area contributed by atoms with Crippen LogP contribution in [0.3, 0.4) is 0 Å². The number of nitrogens with zero attached hydrogens (tertiary/aromatic N) is 1. The smallest absolute Gasteiger partial charge is 0.326 e. The molecule has 0 aliphatic carbocycles. The van der Waals surface area contributed by atoms with Crippen molar-refractivity contribution in [2.45, 2.75) is 64.6 Å². The van der Waals surface area contributed by atoms with Crippen LogP contribution in [0.25, 0.3) is 11.1 Å². The number of carboxylic acid groups (broad SMARTS) is 1. The predicted molar refractivity (Wildman–Crippen MR) is 145 cm³/mol. The molecule has 11 heteroatoms. The molecule has 1 aliphatic rings. The van der Waals surface area contributed by atoms with E-state index in [2.05, 4.69) is 5.32 Å². The second kappa shape index (κ2) is 12.3. The van der Waals surface area contributed by atoms with E-state index in [4.69, 9.17) is 5.73 Å². The summed E-state index contributed by atoms with van der Waals surface area (Å²) in [5, 5.41) is 33.9. The van der Waals surface area contributed by atoms with Gasteiger partial charge in [0, 0.05) is 49.8 Å². The number of rotatable bonds is 6. The van der Waals surface area contributed by atoms with Crippen molar-refractivity contribution in [3.8, 4) is 22.6 Å². The average molecular weight is 554 g/mol. The summed E-state index contributed by atoms with van der Waals surface area (Å²) in [6, 6.07) is 4.16. The van der Waals surface area contributed by atoms with E-state index < -0.39 is 47.6 Å². The molecule has 0 aromatic heterocycles. The van der Waals surface area contributed by atoms with Crippen molar-refractivity contribution in [2.24, 2.45) is 11.7 Å². The van der Waals surface area contributed by atoms with Crippen LogP contribution >= 0.6 is 0 Å². The van der Waals surface area contributed by atoms with Crippen LogP contribution in [0.5, 0.6) is 11.5 Å². The van der Waals surface area contributed by atoms with Gasteiger partial charge in [-0.05, 0) is 48.7 Å². The summed E-state index contributed by atoms with van der Waals surface area (Å²) in [5.74, 6) is -4.53. The first-order valence-electron chi connectivity index (χ1n) is 13.0. The number of phenols is 2. The molecule has 0 saturated heterocycles. The minimum absolute atomic E-state index is 0.101. The van der Waals surface area contributed by atoms with Crippen molar-refractivity contribution in [1.82, 2.24) is 10.2 Å². The molecule has 6 N–H and O–H groups in total. The van der Waals surface area contributed by atoms with Crippen LogP contribution in [0, 0.1) is 12.8 Å². The second-order valence-corrected chi connectivity index (χ2v) is 10.4. The highest BCUT2D eigenvalue weighted by molar-refractivity contribution is 5.95. The Bertz CT molecular complexity index is 1350. The van der Waals surface area contributed by atoms with Gasteiger partial charge >= 0.3 is 5.97 Å². The lowest BCUT2D eigenvalue weighted by atomic mass is 9.89. The van der Waals surface area contributed by atoms with Gasteiger partial charge in [-0.25, -0.2) is 4.79 Å². The standard InChI is InChI=1S/C29H35N3O8/c1-14-9-17-11-20(27(14)37)19-13-18(5-6-23(19)34)26(32(4)25(36)8-7-22(33)16(3)30)24(35)10-15(2)28(38)31-21(12-17)29(39)40/h5-6,9,11,13,15-16,21,26,34,37H,7-8,10,12,30H2,1-4H3,(H,31,38)(H,39,40)/t15-,16-,21+,26+/m1/s1. The monoisotopic (exact) mass is 553 g/mol. The normalized spacial score (nSPS) is 20.2. The van der Waals surface area contributed by atoms with Gasteiger partial charge < -0.3 is 31.3 Å². The number of Topliss-reactive ketones (excluding diaryl/α,β-unsaturated/α-hetero) is 2. The third kappa shape index (κ3) is 6.66. The van der Waals surface area contributed by atoms with Gasteiger partial charge in [-0.15, -0.1) is 0 Å². The molecule has 0 unspecified atom stereocenters. The van der Waals surface area contributed by atoms with Crippen molar-refractivity contribution in [3.63, 3.8) is 0 Å². The molecule has 3 rings (SSSR count). The Hall–Kier alpha value is -4.25. The van der Waals surface area contributed by atoms with Gasteiger partial charge in [0.05, 0.1) is 6.04 Å². The number of phenolic OH excluding ortho intramolecular Hbond substituents is 2. The second-order valence-electron chi connectivity index (χ2n) is 10.4. The molecule has 0 saturated carbocycles. The number of nitrogens with two attached hydrogens (primary N) is 1. The van der Waals surface area contributed by atoms with Crippen LogP contribution < -0.4 is 11.1 Å². The van der Waals surface area contributed by atoms with Crippen molar-refractivity contribution < 1.29 is 39.3 Å². The summed E-state index contributed by atoms with van der Waals surface area (Å²) >= 11 is 0. The zero-order valence-electron chi connectivity index (χ0n) is 22.9. The van der Waals surface area contributed by atoms with Crippen molar-refractivity contribution in [3.05, 3.63) is 47.0 Å². The van der Waals surface area contributed by atoms with Crippen molar-refractivity contribution >= 4 is 29.4 Å². The van der Waals surface area contributed by atoms with E-state index in [9.17, 15) is 39.3 Å². The molecule has 2 aromatic carbocycles. The molecule has 4 atom stereocenters. The topological polar surface area (TPSA) is 187 Å². The molecule has 1 aliphatic heterocycles. The number of likely N-dealkylation sites (N-methyl/N-ethyl adjacent to an activating group) is 1. The van der Waals surface area contributed by atoms with E-state index in [1.165, 1.54) is 50.1 Å². The largest absolute Gasteiger partial charge is 0.507 e. The average Bonchev–Trinajstić information content (AvgIpc) is 2.88. The number of aromatic hydroxyl groups is 2. The van der Waals surface area contributed by atoms with Gasteiger partial charge in [0.15, 0.2) is 5.78 Å². The quantitative estimate of drug-likeness (QED) is 0.356. The van der Waals surface area contributed by atoms with Crippen LogP contribution in [0.4, 0.5) is 0 Å². The number of hydrogen-bond acceptors (Lipinski definition) is 8. The van der Waals surface area contributed by atoms with Crippen LogP contribution in [0.15, 0.2) is 30.3 Å². The van der Waals surface area contributed by atoms with Crippen molar-refractivity contribution in [1.29, 1.82) is 0 Å². The number of carbonyl (C=O) groups is 5. The Morgan fingerprint density at radius 1 is 1.07 bits per heavy atom. The fourth-order valence-electron chi connectivity index (χ4n) is 4.78. The minimum Gasteiger partial charge on any atom is -0.507 e. The van der Waals surface area contributed by atoms with Crippen molar-refractivity contribution in [2.75, 3.05) is 7.05 Å². The number of amides is 2. The van der Waals surface area contributed by atoms with Gasteiger partial charge in [-0.3, -0.25) is 19.2 Å². The summed E-state index contributed by atoms with van der Waals surface area (Å²) in [4.78, 5) is 64.8. The van der Waals surface area contributed by atoms with E-state index in [0.717, 1.165) is 0 Å². The Kier molecular flexibility index (Phi) is 9.31. The number of carbonyl (C=O) groups excluding carboxylic acids is 4. The molecule has 2 amide bonds. The lowest BCUT2D eigenvalue weighted by molar-refractivity contribution is -0.143. The first kappa shape index (κ1) is 30.3. The minimum atomic E-state index is -1.31. The molecule has 2 aromatic rings. The fraction of sp³-hybridized carbons (Fsp3) is 0.414. The van der Waals surface area contributed by atoms with Gasteiger partial charge in [-0.2, -0.15) is 0 Å². The van der Waals surface area contributed by atoms with Crippen LogP contribution in [0.1, 0.15) is 55.8 Å². The SMILES string of the molecule is Cc1cc2cc(c1O)-c1cc(ccc1O)[C@H](N(C)C(=O)CCC(=O)[C@@H](C)N)C(=O)C[C@@H](C)C(=O)N[C@H](C(=O)O)C2. The molecular weight excluding hydrogens is 518 g/mol. The molecule has 1 heterocycles. The number of fused-ring (bicyclic) bond motifs is 5. The van der Waals surface area contributed by atoms with Gasteiger partial charge in [0.2, 0.25) is 11.8 Å². The van der Waals surface area contributed by atoms with Crippen LogP contribution in [-0.4, -0.2) is 68.7 Å². The van der Waals surface area contributed by atoms with E-state index >= 15 is 0 Å². The lowest BCUT2D eigenvalue weighted by Gasteiger charge is -2.29. The van der Waals surface area contributed by atoms with E-state index in [1.54, 1.807) is 13.0 Å². The summed E-state index contributed by atoms with van der Waals surface area (Å²) in [5.41, 5.74) is 7.19. The molecular formula is C29H35N3O8. The molecule has 214 valence electrons. The maximum Gasteiger partial charge on any atom is 0.326 e. The Labute approximate surface area is 232 Å². The number of hydrogen-bond donors (Lipinski definition) is 5. The van der Waals surface area contributed by atoms with E-state index in [-0.39, 0.29) is 54.1 Å². The van der Waals surface area contributed by atoms with Gasteiger partial charge in [0.25, 0.3) is 0 Å². The number of benzene rings is 2. The molecule has 0 radical (unpaired) electrons. The number of ketones is 2. The molecule has 11 nitrogen and oxygen atoms in total. The Balaban J connectivity index is 2.17. The summed E-state index contributed by atoms with van der Waals surface area (Å²) in [7, 11) is 1.41. The number of nitrogens with one attached hydrogen (secondary N) is 1. The predicted octanol–water partition coefficient (Wildman–Crippen LogP) is 1.99. The number of carboxylic acids is 1. The fourth-order valence-corrected chi connectivity index (χ4v) is 4.78. The first-order chi connectivity index (χ1) is 18.7. The third-order valence-corrected chi connectivity index (χ3v) is 7.17. The maximum atomic E-state index is 13.6. The number of aryl methyl sites for hydroxylation is 1. The Morgan fingerprint density at radius 3 is 2.38 bits per heavy atom. The van der Waals surface area contributed by atoms with Crippen LogP contribution in [0.2, 0.25) is 0 Å². The Morgan fingerprint density at radius 2 is 1.75 bits per heavy atom. The van der Waals surface area contributed by atoms with Crippen LogP contribution in [-0.2, 0) is 30.4 Å². The third-order valence-electron chi connectivity index (χ3n) is 7.17. The highest BCUT2D eigenvalue weighted by Crippen LogP contribution is 2.40. The highest BCUT2D eigenvalue weighted by atomic mass is 16.4. The summed E-state index contributed by atoms with van der Waals surface area (Å²) in [6.07, 6.45) is -0.719. The lowest BCUT2D eigenvalue weighted by Crippen LogP contribution is -2.45. The number of aliphatic carboxylic acids is 1. The van der Waals surface area contributed by atoms with Gasteiger partial charge in [0.1, 0.15) is 29.4 Å². The molecule has 4 bridgehead atoms. The summed E-state index contributed by atoms with van der Waals surface area (Å²) in [6.45, 7) is 4.62. The summed E-state index contributed by atoms with van der Waals surface area (Å²) < 4.78 is 0. The zero-order chi connectivity index (χ0) is 29.9. The molecule has 0 spiro atoms. The first-order valence-corrected chi connectivity index (χ1v) is 13.0. The van der Waals surface area contributed by atoms with Gasteiger partial charge in [-0.1, -0.05) is 19.1 Å². The highest BCUT2D eigenvalue weighted by Gasteiger charge is 2.33. The van der Waals surface area contributed by atoms with E-state index in [1.807, 2.05) is 0 Å². The van der Waals surface area contributed by atoms with E-state index in [0.29, 0.717) is 16.7 Å². The molecule has 0 fully saturated rings. The molecule has 40 heavy (non-hydrogen) atoms.